The molecule has 0 saturated heterocycles. The van der Waals surface area contributed by atoms with E-state index in [1.165, 1.54) is 6.20 Å². The number of aromatic nitrogens is 1. The van der Waals surface area contributed by atoms with E-state index in [-0.39, 0.29) is 11.8 Å². The van der Waals surface area contributed by atoms with Gasteiger partial charge in [0.15, 0.2) is 0 Å². The van der Waals surface area contributed by atoms with Crippen LogP contribution >= 0.6 is 0 Å². The third kappa shape index (κ3) is 5.25. The smallest absolute Gasteiger partial charge is 0.257 e. The summed E-state index contributed by atoms with van der Waals surface area (Å²) in [5, 5.41) is 5.69. The Morgan fingerprint density at radius 2 is 1.50 bits per heavy atom. The van der Waals surface area contributed by atoms with Gasteiger partial charge in [-0.05, 0) is 62.1 Å². The van der Waals surface area contributed by atoms with Crippen LogP contribution in [0.1, 0.15) is 26.3 Å². The molecule has 0 bridgehead atoms. The molecule has 0 fully saturated rings. The molecule has 2 amide bonds. The molecule has 0 spiro atoms. The van der Waals surface area contributed by atoms with E-state index in [4.69, 9.17) is 0 Å². The highest BCUT2D eigenvalue weighted by Crippen LogP contribution is 2.16. The molecule has 1 heterocycles. The lowest BCUT2D eigenvalue weighted by Gasteiger charge is -2.12. The minimum Gasteiger partial charge on any atom is -0.322 e. The van der Waals surface area contributed by atoms with Crippen molar-refractivity contribution in [1.82, 2.24) is 9.88 Å². The molecule has 0 saturated carbocycles. The second-order valence-corrected chi connectivity index (χ2v) is 6.67. The van der Waals surface area contributed by atoms with E-state index in [0.717, 1.165) is 17.8 Å². The minimum absolute atomic E-state index is 0.237. The first-order valence-corrected chi connectivity index (χ1v) is 8.88. The maximum Gasteiger partial charge on any atom is 0.257 e. The topological polar surface area (TPSA) is 74.3 Å². The molecule has 28 heavy (non-hydrogen) atoms. The van der Waals surface area contributed by atoms with Crippen LogP contribution in [0.3, 0.4) is 0 Å². The number of nitrogens with zero attached hydrogens (tertiary/aromatic N) is 2. The van der Waals surface area contributed by atoms with Gasteiger partial charge in [-0.25, -0.2) is 0 Å². The van der Waals surface area contributed by atoms with Crippen LogP contribution < -0.4 is 10.6 Å². The zero-order valence-electron chi connectivity index (χ0n) is 15.8. The van der Waals surface area contributed by atoms with Gasteiger partial charge in [-0.2, -0.15) is 0 Å². The molecule has 3 aromatic rings. The first-order valence-electron chi connectivity index (χ1n) is 8.88. The van der Waals surface area contributed by atoms with Crippen LogP contribution in [0.2, 0.25) is 0 Å². The Balaban J connectivity index is 1.69. The standard InChI is InChI=1S/C22H22N4O2/c1-26(2)15-16-6-3-9-19(12-16)24-21(27)17-7-4-10-20(13-17)25-22(28)18-8-5-11-23-14-18/h3-14H,15H2,1-2H3,(H,24,27)(H,25,28). The molecule has 1 aromatic heterocycles. The van der Waals surface area contributed by atoms with E-state index < -0.39 is 0 Å². The molecule has 0 atom stereocenters. The summed E-state index contributed by atoms with van der Waals surface area (Å²) in [5.41, 5.74) is 3.30. The third-order valence-electron chi connectivity index (χ3n) is 3.99. The van der Waals surface area contributed by atoms with E-state index in [1.807, 2.05) is 38.4 Å². The lowest BCUT2D eigenvalue weighted by molar-refractivity contribution is 0.101. The van der Waals surface area contributed by atoms with Crippen LogP contribution in [0.25, 0.3) is 0 Å². The number of hydrogen-bond acceptors (Lipinski definition) is 4. The average molecular weight is 374 g/mol. The van der Waals surface area contributed by atoms with Gasteiger partial charge in [0.25, 0.3) is 11.8 Å². The zero-order chi connectivity index (χ0) is 19.9. The predicted octanol–water partition coefficient (Wildman–Crippen LogP) is 3.65. The maximum absolute atomic E-state index is 12.6. The van der Waals surface area contributed by atoms with Gasteiger partial charge in [0.05, 0.1) is 5.56 Å². The number of anilines is 2. The molecular weight excluding hydrogens is 352 g/mol. The molecule has 0 aliphatic rings. The second-order valence-electron chi connectivity index (χ2n) is 6.67. The van der Waals surface area contributed by atoms with Crippen molar-refractivity contribution in [2.45, 2.75) is 6.54 Å². The fourth-order valence-corrected chi connectivity index (χ4v) is 2.75. The summed E-state index contributed by atoms with van der Waals surface area (Å²) in [6.45, 7) is 0.791. The molecule has 142 valence electrons. The van der Waals surface area contributed by atoms with Gasteiger partial charge in [0, 0.05) is 35.9 Å². The van der Waals surface area contributed by atoms with Crippen LogP contribution in [0.4, 0.5) is 11.4 Å². The monoisotopic (exact) mass is 374 g/mol. The maximum atomic E-state index is 12.6. The zero-order valence-corrected chi connectivity index (χ0v) is 15.8. The number of rotatable bonds is 6. The highest BCUT2D eigenvalue weighted by Gasteiger charge is 2.10. The summed E-state index contributed by atoms with van der Waals surface area (Å²) in [5.74, 6) is -0.512. The van der Waals surface area contributed by atoms with Gasteiger partial charge in [-0.15, -0.1) is 0 Å². The number of pyridine rings is 1. The molecule has 0 aliphatic carbocycles. The van der Waals surface area contributed by atoms with Crippen molar-refractivity contribution in [1.29, 1.82) is 0 Å². The number of benzene rings is 2. The molecule has 6 heteroatoms. The van der Waals surface area contributed by atoms with E-state index in [9.17, 15) is 9.59 Å². The van der Waals surface area contributed by atoms with Crippen LogP contribution in [0, 0.1) is 0 Å². The van der Waals surface area contributed by atoms with Crippen molar-refractivity contribution in [3.05, 3.63) is 89.7 Å². The Labute approximate surface area is 164 Å². The van der Waals surface area contributed by atoms with Crippen molar-refractivity contribution in [3.8, 4) is 0 Å². The van der Waals surface area contributed by atoms with Gasteiger partial charge in [0.2, 0.25) is 0 Å². The first kappa shape index (κ1) is 19.3. The molecule has 3 rings (SSSR count). The van der Waals surface area contributed by atoms with Crippen molar-refractivity contribution in [2.24, 2.45) is 0 Å². The number of nitrogens with one attached hydrogen (secondary N) is 2. The predicted molar refractivity (Wildman–Crippen MR) is 110 cm³/mol. The fraction of sp³-hybridized carbons (Fsp3) is 0.136. The van der Waals surface area contributed by atoms with Crippen molar-refractivity contribution < 1.29 is 9.59 Å². The van der Waals surface area contributed by atoms with E-state index >= 15 is 0 Å². The Kier molecular flexibility index (Phi) is 6.14. The minimum atomic E-state index is -0.276. The normalized spacial score (nSPS) is 10.5. The third-order valence-corrected chi connectivity index (χ3v) is 3.99. The second kappa shape index (κ2) is 8.92. The molecule has 2 N–H and O–H groups in total. The summed E-state index contributed by atoms with van der Waals surface area (Å²) in [4.78, 5) is 30.9. The number of amides is 2. The molecule has 0 unspecified atom stereocenters. The van der Waals surface area contributed by atoms with Gasteiger partial charge in [-0.3, -0.25) is 14.6 Å². The van der Waals surface area contributed by atoms with Gasteiger partial charge in [0.1, 0.15) is 0 Å². The highest BCUT2D eigenvalue weighted by atomic mass is 16.2. The van der Waals surface area contributed by atoms with Crippen molar-refractivity contribution >= 4 is 23.2 Å². The summed E-state index contributed by atoms with van der Waals surface area (Å²) in [6, 6.07) is 17.9. The lowest BCUT2D eigenvalue weighted by Crippen LogP contribution is -2.15. The Morgan fingerprint density at radius 3 is 2.18 bits per heavy atom. The molecule has 0 aliphatic heterocycles. The Morgan fingerprint density at radius 1 is 0.857 bits per heavy atom. The molecule has 6 nitrogen and oxygen atoms in total. The van der Waals surface area contributed by atoms with E-state index in [2.05, 4.69) is 20.5 Å². The summed E-state index contributed by atoms with van der Waals surface area (Å²) in [7, 11) is 3.99. The van der Waals surface area contributed by atoms with Crippen LogP contribution in [-0.2, 0) is 6.54 Å². The van der Waals surface area contributed by atoms with Gasteiger partial charge >= 0.3 is 0 Å². The number of carbonyl (C=O) groups excluding carboxylic acids is 2. The van der Waals surface area contributed by atoms with Crippen LogP contribution in [0.15, 0.2) is 73.1 Å². The van der Waals surface area contributed by atoms with Crippen LogP contribution in [0.5, 0.6) is 0 Å². The summed E-state index contributed by atoms with van der Waals surface area (Å²) < 4.78 is 0. The Bertz CT molecular complexity index is 971. The largest absolute Gasteiger partial charge is 0.322 e. The van der Waals surface area contributed by atoms with Gasteiger partial charge < -0.3 is 15.5 Å². The molecule has 0 radical (unpaired) electrons. The van der Waals surface area contributed by atoms with Crippen molar-refractivity contribution in [3.63, 3.8) is 0 Å². The number of hydrogen-bond donors (Lipinski definition) is 2. The average Bonchev–Trinajstić information content (AvgIpc) is 2.68. The summed E-state index contributed by atoms with van der Waals surface area (Å²) >= 11 is 0. The van der Waals surface area contributed by atoms with E-state index in [1.54, 1.807) is 42.6 Å². The highest BCUT2D eigenvalue weighted by molar-refractivity contribution is 6.07. The van der Waals surface area contributed by atoms with Gasteiger partial charge in [-0.1, -0.05) is 18.2 Å². The molecule has 2 aromatic carbocycles. The lowest BCUT2D eigenvalue weighted by atomic mass is 10.1. The molecular formula is C22H22N4O2. The van der Waals surface area contributed by atoms with E-state index in [0.29, 0.717) is 16.8 Å². The Hall–Kier alpha value is -3.51. The number of carbonyl (C=O) groups is 2. The van der Waals surface area contributed by atoms with Crippen LogP contribution in [-0.4, -0.2) is 35.8 Å². The SMILES string of the molecule is CN(C)Cc1cccc(NC(=O)c2cccc(NC(=O)c3cccnc3)c2)c1. The first-order chi connectivity index (χ1) is 13.5. The van der Waals surface area contributed by atoms with Crippen molar-refractivity contribution in [2.75, 3.05) is 24.7 Å². The summed E-state index contributed by atoms with van der Waals surface area (Å²) in [6.07, 6.45) is 3.10. The quantitative estimate of drug-likeness (QED) is 0.691. The fourth-order valence-electron chi connectivity index (χ4n) is 2.75.